The van der Waals surface area contributed by atoms with Crippen molar-refractivity contribution in [3.8, 4) is 5.75 Å². The highest BCUT2D eigenvalue weighted by atomic mass is 35.5. The number of carboxylic acids is 1. The molecule has 0 amide bonds. The minimum absolute atomic E-state index is 0.259. The number of fused-ring (bicyclic) bond motifs is 1. The highest BCUT2D eigenvalue weighted by Crippen LogP contribution is 2.20. The Hall–Kier alpha value is -2.46. The number of rotatable bonds is 4. The zero-order chi connectivity index (χ0) is 14.8. The zero-order valence-electron chi connectivity index (χ0n) is 11.0. The first-order valence-corrected chi connectivity index (χ1v) is 6.73. The quantitative estimate of drug-likeness (QED) is 0.762. The lowest BCUT2D eigenvalue weighted by atomic mass is 10.2. The molecular weight excluding hydrogens is 290 g/mol. The van der Waals surface area contributed by atoms with Gasteiger partial charge in [-0.1, -0.05) is 17.7 Å². The third kappa shape index (κ3) is 3.01. The maximum absolute atomic E-state index is 10.9. The Balaban J connectivity index is 1.78. The predicted octanol–water partition coefficient (Wildman–Crippen LogP) is 4.10. The SMILES string of the molecule is O=C(O)c1ccc2cc(COc3ccc(Cl)cc3)[nH]c2c1. The van der Waals surface area contributed by atoms with Crippen molar-refractivity contribution >= 4 is 28.5 Å². The molecule has 3 aromatic rings. The van der Waals surface area contributed by atoms with Crippen molar-refractivity contribution in [1.29, 1.82) is 0 Å². The molecule has 0 saturated heterocycles. The number of nitrogens with one attached hydrogen (secondary N) is 1. The van der Waals surface area contributed by atoms with E-state index in [0.29, 0.717) is 11.6 Å². The number of carbonyl (C=O) groups is 1. The highest BCUT2D eigenvalue weighted by Gasteiger charge is 2.06. The number of benzene rings is 2. The van der Waals surface area contributed by atoms with Crippen molar-refractivity contribution in [2.75, 3.05) is 0 Å². The van der Waals surface area contributed by atoms with E-state index in [1.54, 1.807) is 42.5 Å². The molecule has 0 unspecified atom stereocenters. The van der Waals surface area contributed by atoms with Gasteiger partial charge in [-0.25, -0.2) is 4.79 Å². The number of carboxylic acid groups (broad SMARTS) is 1. The Labute approximate surface area is 125 Å². The van der Waals surface area contributed by atoms with Gasteiger partial charge in [0.15, 0.2) is 0 Å². The smallest absolute Gasteiger partial charge is 0.335 e. The van der Waals surface area contributed by atoms with Gasteiger partial charge in [-0.15, -0.1) is 0 Å². The maximum Gasteiger partial charge on any atom is 0.335 e. The number of halogens is 1. The topological polar surface area (TPSA) is 62.3 Å². The summed E-state index contributed by atoms with van der Waals surface area (Å²) in [5.41, 5.74) is 1.92. The summed E-state index contributed by atoms with van der Waals surface area (Å²) in [5, 5.41) is 10.6. The number of H-pyrrole nitrogens is 1. The molecule has 0 aliphatic heterocycles. The summed E-state index contributed by atoms with van der Waals surface area (Å²) in [6, 6.07) is 14.0. The van der Waals surface area contributed by atoms with Crippen LogP contribution in [0.25, 0.3) is 10.9 Å². The van der Waals surface area contributed by atoms with Gasteiger partial charge in [-0.3, -0.25) is 0 Å². The summed E-state index contributed by atoms with van der Waals surface area (Å²) < 4.78 is 5.65. The molecule has 3 rings (SSSR count). The van der Waals surface area contributed by atoms with E-state index < -0.39 is 5.97 Å². The van der Waals surface area contributed by atoms with Crippen molar-refractivity contribution in [2.45, 2.75) is 6.61 Å². The van der Waals surface area contributed by atoms with Gasteiger partial charge in [0.1, 0.15) is 12.4 Å². The molecule has 0 spiro atoms. The van der Waals surface area contributed by atoms with Crippen molar-refractivity contribution in [3.63, 3.8) is 0 Å². The number of hydrogen-bond acceptors (Lipinski definition) is 2. The first kappa shape index (κ1) is 13.5. The third-order valence-electron chi connectivity index (χ3n) is 3.13. The first-order valence-electron chi connectivity index (χ1n) is 6.35. The van der Waals surface area contributed by atoms with Crippen LogP contribution < -0.4 is 4.74 Å². The van der Waals surface area contributed by atoms with Crippen molar-refractivity contribution in [3.05, 3.63) is 64.8 Å². The molecule has 2 aromatic carbocycles. The van der Waals surface area contributed by atoms with Crippen LogP contribution in [-0.4, -0.2) is 16.1 Å². The van der Waals surface area contributed by atoms with Gasteiger partial charge >= 0.3 is 5.97 Å². The Kier molecular flexibility index (Phi) is 3.54. The third-order valence-corrected chi connectivity index (χ3v) is 3.39. The van der Waals surface area contributed by atoms with E-state index in [1.165, 1.54) is 0 Å². The fraction of sp³-hybridized carbons (Fsp3) is 0.0625. The minimum Gasteiger partial charge on any atom is -0.487 e. The van der Waals surface area contributed by atoms with E-state index in [2.05, 4.69) is 4.98 Å². The minimum atomic E-state index is -0.939. The molecule has 2 N–H and O–H groups in total. The molecule has 21 heavy (non-hydrogen) atoms. The molecule has 0 aliphatic carbocycles. The fourth-order valence-electron chi connectivity index (χ4n) is 2.09. The van der Waals surface area contributed by atoms with E-state index in [4.69, 9.17) is 21.4 Å². The second-order valence-corrected chi connectivity index (χ2v) is 5.08. The van der Waals surface area contributed by atoms with Crippen LogP contribution >= 0.6 is 11.6 Å². The number of ether oxygens (including phenoxy) is 1. The standard InChI is InChI=1S/C16H12ClNO3/c17-12-3-5-14(6-4-12)21-9-13-7-10-1-2-11(16(19)20)8-15(10)18-13/h1-8,18H,9H2,(H,19,20). The van der Waals surface area contributed by atoms with Crippen LogP contribution in [0.4, 0.5) is 0 Å². The first-order chi connectivity index (χ1) is 10.1. The van der Waals surface area contributed by atoms with E-state index >= 15 is 0 Å². The Morgan fingerprint density at radius 3 is 2.62 bits per heavy atom. The zero-order valence-corrected chi connectivity index (χ0v) is 11.7. The van der Waals surface area contributed by atoms with Gasteiger partial charge in [0.05, 0.1) is 11.3 Å². The van der Waals surface area contributed by atoms with Crippen molar-refractivity contribution < 1.29 is 14.6 Å². The highest BCUT2D eigenvalue weighted by molar-refractivity contribution is 6.30. The van der Waals surface area contributed by atoms with E-state index in [1.807, 2.05) is 6.07 Å². The van der Waals surface area contributed by atoms with Crippen molar-refractivity contribution in [1.82, 2.24) is 4.98 Å². The Bertz CT molecular complexity index is 793. The van der Waals surface area contributed by atoms with Gasteiger partial charge in [-0.05, 0) is 47.9 Å². The number of aromatic nitrogens is 1. The molecule has 106 valence electrons. The van der Waals surface area contributed by atoms with Crippen LogP contribution in [0.1, 0.15) is 16.1 Å². The summed E-state index contributed by atoms with van der Waals surface area (Å²) in [6.45, 7) is 0.374. The number of aromatic carboxylic acids is 1. The van der Waals surface area contributed by atoms with Gasteiger partial charge in [-0.2, -0.15) is 0 Å². The largest absolute Gasteiger partial charge is 0.487 e. The second-order valence-electron chi connectivity index (χ2n) is 4.64. The lowest BCUT2D eigenvalue weighted by Crippen LogP contribution is -1.95. The van der Waals surface area contributed by atoms with Crippen LogP contribution in [0.3, 0.4) is 0 Å². The van der Waals surface area contributed by atoms with Gasteiger partial charge in [0.2, 0.25) is 0 Å². The molecular formula is C16H12ClNO3. The summed E-state index contributed by atoms with van der Waals surface area (Å²) >= 11 is 5.81. The normalized spacial score (nSPS) is 10.7. The monoisotopic (exact) mass is 301 g/mol. The molecule has 0 atom stereocenters. The average Bonchev–Trinajstić information content (AvgIpc) is 2.88. The summed E-state index contributed by atoms with van der Waals surface area (Å²) in [4.78, 5) is 14.1. The molecule has 5 heteroatoms. The van der Waals surface area contributed by atoms with Crippen LogP contribution in [0.5, 0.6) is 5.75 Å². The van der Waals surface area contributed by atoms with E-state index in [-0.39, 0.29) is 5.56 Å². The lowest BCUT2D eigenvalue weighted by molar-refractivity contribution is 0.0697. The van der Waals surface area contributed by atoms with E-state index in [0.717, 1.165) is 22.3 Å². The predicted molar refractivity (Wildman–Crippen MR) is 81.0 cm³/mol. The van der Waals surface area contributed by atoms with Gasteiger partial charge < -0.3 is 14.8 Å². The molecule has 1 heterocycles. The van der Waals surface area contributed by atoms with Gasteiger partial charge in [0, 0.05) is 10.5 Å². The van der Waals surface area contributed by atoms with E-state index in [9.17, 15) is 4.79 Å². The fourth-order valence-corrected chi connectivity index (χ4v) is 2.22. The molecule has 1 aromatic heterocycles. The molecule has 0 aliphatic rings. The molecule has 4 nitrogen and oxygen atoms in total. The molecule has 0 saturated carbocycles. The van der Waals surface area contributed by atoms with Crippen LogP contribution in [-0.2, 0) is 6.61 Å². The van der Waals surface area contributed by atoms with Crippen LogP contribution in [0.15, 0.2) is 48.5 Å². The second kappa shape index (κ2) is 5.50. The number of aromatic amines is 1. The van der Waals surface area contributed by atoms with Crippen molar-refractivity contribution in [2.24, 2.45) is 0 Å². The molecule has 0 fully saturated rings. The maximum atomic E-state index is 10.9. The summed E-state index contributed by atoms with van der Waals surface area (Å²) in [6.07, 6.45) is 0. The Morgan fingerprint density at radius 1 is 1.14 bits per heavy atom. The number of hydrogen-bond donors (Lipinski definition) is 2. The Morgan fingerprint density at radius 2 is 1.90 bits per heavy atom. The van der Waals surface area contributed by atoms with Crippen LogP contribution in [0.2, 0.25) is 5.02 Å². The van der Waals surface area contributed by atoms with Gasteiger partial charge in [0.25, 0.3) is 0 Å². The summed E-state index contributed by atoms with van der Waals surface area (Å²) in [5.74, 6) is -0.213. The average molecular weight is 302 g/mol. The summed E-state index contributed by atoms with van der Waals surface area (Å²) in [7, 11) is 0. The molecule has 0 bridgehead atoms. The lowest BCUT2D eigenvalue weighted by Gasteiger charge is -2.04. The molecule has 0 radical (unpaired) electrons. The van der Waals surface area contributed by atoms with Crippen LogP contribution in [0, 0.1) is 0 Å².